The van der Waals surface area contributed by atoms with Gasteiger partial charge in [0.25, 0.3) is 5.69 Å². The molecular weight excluding hydrogens is 347 g/mol. The average molecular weight is 360 g/mol. The number of aryl methyl sites for hydroxylation is 1. The topological polar surface area (TPSA) is 101 Å². The van der Waals surface area contributed by atoms with Crippen LogP contribution in [0.15, 0.2) is 41.6 Å². The van der Waals surface area contributed by atoms with Gasteiger partial charge in [-0.2, -0.15) is 0 Å². The number of anilines is 1. The quantitative estimate of drug-likeness (QED) is 0.411. The molecule has 0 atom stereocenters. The van der Waals surface area contributed by atoms with Crippen LogP contribution in [0.25, 0.3) is 11.0 Å². The Bertz CT molecular complexity index is 973. The van der Waals surface area contributed by atoms with Crippen molar-refractivity contribution >= 4 is 40.1 Å². The molecule has 0 unspecified atom stereocenters. The van der Waals surface area contributed by atoms with E-state index in [0.717, 1.165) is 28.7 Å². The first kappa shape index (κ1) is 16.9. The summed E-state index contributed by atoms with van der Waals surface area (Å²) in [6.07, 6.45) is 0. The number of hydrogen-bond donors (Lipinski definition) is 2. The van der Waals surface area contributed by atoms with Gasteiger partial charge >= 0.3 is 0 Å². The molecule has 1 heterocycles. The van der Waals surface area contributed by atoms with Crippen molar-refractivity contribution < 1.29 is 14.1 Å². The third-order valence-corrected chi connectivity index (χ3v) is 4.26. The highest BCUT2D eigenvalue weighted by Gasteiger charge is 2.17. The van der Waals surface area contributed by atoms with E-state index in [1.807, 2.05) is 25.1 Å². The summed E-state index contributed by atoms with van der Waals surface area (Å²) in [4.78, 5) is 29.7. The van der Waals surface area contributed by atoms with Gasteiger partial charge in [-0.3, -0.25) is 14.9 Å². The number of thioether (sulfide) groups is 1. The Labute approximate surface area is 145 Å². The maximum atomic E-state index is 13.1. The standard InChI is InChI=1S/C16H13FN4O3S/c1-9-2-4-11-13(6-9)20-16(19-11)25-8-15(22)18-12-5-3-10(17)7-14(12)21(23)24/h2-7H,8H2,1H3,(H,18,22)(H,19,20). The highest BCUT2D eigenvalue weighted by molar-refractivity contribution is 7.99. The van der Waals surface area contributed by atoms with Crippen LogP contribution in [0.3, 0.4) is 0 Å². The second kappa shape index (κ2) is 6.89. The summed E-state index contributed by atoms with van der Waals surface area (Å²) >= 11 is 1.17. The minimum absolute atomic E-state index is 0.00728. The first-order valence-electron chi connectivity index (χ1n) is 7.25. The van der Waals surface area contributed by atoms with Crippen LogP contribution < -0.4 is 5.32 Å². The van der Waals surface area contributed by atoms with Crippen molar-refractivity contribution in [1.82, 2.24) is 9.97 Å². The Morgan fingerprint density at radius 1 is 1.36 bits per heavy atom. The van der Waals surface area contributed by atoms with Crippen molar-refractivity contribution in [1.29, 1.82) is 0 Å². The van der Waals surface area contributed by atoms with E-state index < -0.39 is 22.3 Å². The van der Waals surface area contributed by atoms with Crippen LogP contribution in [0.5, 0.6) is 0 Å². The first-order valence-corrected chi connectivity index (χ1v) is 8.24. The van der Waals surface area contributed by atoms with Crippen molar-refractivity contribution in [3.05, 3.63) is 57.9 Å². The van der Waals surface area contributed by atoms with Crippen LogP contribution >= 0.6 is 11.8 Å². The second-order valence-electron chi connectivity index (χ2n) is 5.32. The van der Waals surface area contributed by atoms with E-state index in [4.69, 9.17) is 0 Å². The van der Waals surface area contributed by atoms with Gasteiger partial charge < -0.3 is 10.3 Å². The van der Waals surface area contributed by atoms with Crippen LogP contribution in [0.2, 0.25) is 0 Å². The average Bonchev–Trinajstić information content (AvgIpc) is 2.96. The number of fused-ring (bicyclic) bond motifs is 1. The molecule has 0 aliphatic heterocycles. The Morgan fingerprint density at radius 3 is 2.92 bits per heavy atom. The smallest absolute Gasteiger partial charge is 0.295 e. The molecule has 3 rings (SSSR count). The van der Waals surface area contributed by atoms with E-state index in [1.165, 1.54) is 17.8 Å². The van der Waals surface area contributed by atoms with E-state index in [1.54, 1.807) is 0 Å². The number of H-pyrrole nitrogens is 1. The molecule has 1 amide bonds. The number of aromatic nitrogens is 2. The Morgan fingerprint density at radius 2 is 2.16 bits per heavy atom. The van der Waals surface area contributed by atoms with E-state index in [2.05, 4.69) is 15.3 Å². The number of amides is 1. The fraction of sp³-hybridized carbons (Fsp3) is 0.125. The number of rotatable bonds is 5. The third-order valence-electron chi connectivity index (χ3n) is 3.39. The predicted octanol–water partition coefficient (Wildman–Crippen LogP) is 3.65. The molecule has 9 heteroatoms. The summed E-state index contributed by atoms with van der Waals surface area (Å²) in [5.41, 5.74) is 2.23. The molecule has 0 aliphatic rings. The van der Waals surface area contributed by atoms with E-state index in [0.29, 0.717) is 5.16 Å². The lowest BCUT2D eigenvalue weighted by Gasteiger charge is -2.05. The van der Waals surface area contributed by atoms with Gasteiger partial charge in [0.15, 0.2) is 5.16 Å². The lowest BCUT2D eigenvalue weighted by atomic mass is 10.2. The Hall–Kier alpha value is -2.94. The van der Waals surface area contributed by atoms with Crippen molar-refractivity contribution in [3.63, 3.8) is 0 Å². The van der Waals surface area contributed by atoms with Gasteiger partial charge in [0.2, 0.25) is 5.91 Å². The lowest BCUT2D eigenvalue weighted by Crippen LogP contribution is -2.15. The van der Waals surface area contributed by atoms with Gasteiger partial charge in [-0.05, 0) is 36.8 Å². The zero-order chi connectivity index (χ0) is 18.0. The number of benzene rings is 2. The van der Waals surface area contributed by atoms with Crippen molar-refractivity contribution in [2.75, 3.05) is 11.1 Å². The summed E-state index contributed by atoms with van der Waals surface area (Å²) in [6, 6.07) is 8.77. The lowest BCUT2D eigenvalue weighted by molar-refractivity contribution is -0.384. The molecule has 0 aliphatic carbocycles. The molecule has 0 bridgehead atoms. The largest absolute Gasteiger partial charge is 0.333 e. The fourth-order valence-corrected chi connectivity index (χ4v) is 2.94. The van der Waals surface area contributed by atoms with Gasteiger partial charge in [-0.25, -0.2) is 9.37 Å². The van der Waals surface area contributed by atoms with E-state index >= 15 is 0 Å². The Kier molecular flexibility index (Phi) is 4.66. The second-order valence-corrected chi connectivity index (χ2v) is 6.28. The highest BCUT2D eigenvalue weighted by Crippen LogP contribution is 2.26. The van der Waals surface area contributed by atoms with Crippen molar-refractivity contribution in [2.24, 2.45) is 0 Å². The number of halogens is 1. The third kappa shape index (κ3) is 3.94. The molecule has 0 fully saturated rings. The van der Waals surface area contributed by atoms with Gasteiger partial charge in [-0.1, -0.05) is 17.8 Å². The van der Waals surface area contributed by atoms with Gasteiger partial charge in [0.1, 0.15) is 11.5 Å². The molecule has 7 nitrogen and oxygen atoms in total. The SMILES string of the molecule is Cc1ccc2nc(SCC(=O)Nc3ccc(F)cc3[N+](=O)[O-])[nH]c2c1. The normalized spacial score (nSPS) is 10.8. The number of imidazole rings is 1. The molecule has 3 aromatic rings. The molecule has 0 radical (unpaired) electrons. The van der Waals surface area contributed by atoms with Gasteiger partial charge in [0.05, 0.1) is 27.8 Å². The predicted molar refractivity (Wildman–Crippen MR) is 93.2 cm³/mol. The van der Waals surface area contributed by atoms with Crippen molar-refractivity contribution in [2.45, 2.75) is 12.1 Å². The van der Waals surface area contributed by atoms with Crippen LogP contribution in [-0.2, 0) is 4.79 Å². The number of nitrogens with one attached hydrogen (secondary N) is 2. The molecule has 0 saturated heterocycles. The number of aromatic amines is 1. The summed E-state index contributed by atoms with van der Waals surface area (Å²) < 4.78 is 13.1. The monoisotopic (exact) mass is 360 g/mol. The molecule has 128 valence electrons. The number of nitro groups is 1. The summed E-state index contributed by atoms with van der Waals surface area (Å²) in [6.45, 7) is 1.97. The maximum Gasteiger partial charge on any atom is 0.295 e. The number of carbonyl (C=O) groups is 1. The molecule has 1 aromatic heterocycles. The zero-order valence-corrected chi connectivity index (χ0v) is 13.9. The maximum absolute atomic E-state index is 13.1. The molecule has 25 heavy (non-hydrogen) atoms. The Balaban J connectivity index is 1.67. The van der Waals surface area contributed by atoms with Gasteiger partial charge in [-0.15, -0.1) is 0 Å². The van der Waals surface area contributed by atoms with Crippen LogP contribution in [0.1, 0.15) is 5.56 Å². The molecule has 2 aromatic carbocycles. The van der Waals surface area contributed by atoms with Crippen LogP contribution in [0.4, 0.5) is 15.8 Å². The van der Waals surface area contributed by atoms with E-state index in [-0.39, 0.29) is 11.4 Å². The van der Waals surface area contributed by atoms with Crippen LogP contribution in [0, 0.1) is 22.9 Å². The number of nitro benzene ring substituents is 1. The molecule has 2 N–H and O–H groups in total. The first-order chi connectivity index (χ1) is 11.9. The summed E-state index contributed by atoms with van der Waals surface area (Å²) in [5.74, 6) is -1.18. The van der Waals surface area contributed by atoms with Crippen molar-refractivity contribution in [3.8, 4) is 0 Å². The van der Waals surface area contributed by atoms with Gasteiger partial charge in [0, 0.05) is 0 Å². The summed E-state index contributed by atoms with van der Waals surface area (Å²) in [7, 11) is 0. The zero-order valence-electron chi connectivity index (χ0n) is 13.1. The number of carbonyl (C=O) groups excluding carboxylic acids is 1. The molecule has 0 spiro atoms. The molecular formula is C16H13FN4O3S. The molecule has 0 saturated carbocycles. The fourth-order valence-electron chi connectivity index (χ4n) is 2.25. The van der Waals surface area contributed by atoms with Crippen LogP contribution in [-0.4, -0.2) is 26.6 Å². The number of nitrogens with zero attached hydrogens (tertiary/aromatic N) is 2. The van der Waals surface area contributed by atoms with E-state index in [9.17, 15) is 19.3 Å². The minimum Gasteiger partial charge on any atom is -0.333 e. The highest BCUT2D eigenvalue weighted by atomic mass is 32.2. The number of hydrogen-bond acceptors (Lipinski definition) is 5. The summed E-state index contributed by atoms with van der Waals surface area (Å²) in [5, 5.41) is 13.9. The minimum atomic E-state index is -0.743.